The Morgan fingerprint density at radius 2 is 2.22 bits per heavy atom. The molecule has 1 aromatic carbocycles. The number of aromatic amines is 1. The first-order chi connectivity index (χ1) is 8.47. The fourth-order valence-electron chi connectivity index (χ4n) is 1.41. The predicted octanol–water partition coefficient (Wildman–Crippen LogP) is 2.36. The molecule has 0 fully saturated rings. The number of benzene rings is 1. The molecule has 0 spiro atoms. The van der Waals surface area contributed by atoms with Crippen LogP contribution < -0.4 is 10.2 Å². The molecule has 5 nitrogen and oxygen atoms in total. The van der Waals surface area contributed by atoms with E-state index in [0.717, 1.165) is 11.3 Å². The highest BCUT2D eigenvalue weighted by molar-refractivity contribution is 7.11. The molecular formula is C11H9ClN2O3S. The second-order valence-electron chi connectivity index (χ2n) is 3.58. The number of phenolic OH excluding ortho intramolecular Hbond substituents is 1. The number of hydrogen-bond donors (Lipinski definition) is 3. The number of rotatable bonds is 2. The Labute approximate surface area is 111 Å². The largest absolute Gasteiger partial charge is 0.506 e. The van der Waals surface area contributed by atoms with E-state index in [0.29, 0.717) is 10.7 Å². The second-order valence-corrected chi connectivity index (χ2v) is 5.00. The molecule has 18 heavy (non-hydrogen) atoms. The normalized spacial score (nSPS) is 10.3. The third-order valence-corrected chi connectivity index (χ3v) is 3.46. The highest BCUT2D eigenvalue weighted by Crippen LogP contribution is 2.27. The van der Waals surface area contributed by atoms with E-state index in [9.17, 15) is 14.7 Å². The van der Waals surface area contributed by atoms with Crippen molar-refractivity contribution < 1.29 is 9.90 Å². The van der Waals surface area contributed by atoms with Gasteiger partial charge in [0.1, 0.15) is 10.6 Å². The van der Waals surface area contributed by atoms with Gasteiger partial charge in [0.05, 0.1) is 5.69 Å². The van der Waals surface area contributed by atoms with Crippen LogP contribution in [0.25, 0.3) is 0 Å². The molecule has 0 aliphatic carbocycles. The fourth-order valence-corrected chi connectivity index (χ4v) is 2.32. The van der Waals surface area contributed by atoms with Gasteiger partial charge in [0.25, 0.3) is 5.91 Å². The van der Waals surface area contributed by atoms with Crippen molar-refractivity contribution in [3.8, 4) is 5.75 Å². The molecule has 3 N–H and O–H groups in total. The molecule has 0 saturated heterocycles. The zero-order chi connectivity index (χ0) is 13.3. The number of amides is 1. The number of hydrogen-bond acceptors (Lipinski definition) is 4. The number of carbonyl (C=O) groups is 1. The fraction of sp³-hybridized carbons (Fsp3) is 0.0909. The summed E-state index contributed by atoms with van der Waals surface area (Å²) >= 11 is 6.58. The average molecular weight is 285 g/mol. The summed E-state index contributed by atoms with van der Waals surface area (Å²) < 4.78 is 0. The van der Waals surface area contributed by atoms with Crippen LogP contribution >= 0.6 is 22.9 Å². The van der Waals surface area contributed by atoms with Gasteiger partial charge in [0.2, 0.25) is 0 Å². The average Bonchev–Trinajstić information content (AvgIpc) is 2.63. The molecule has 0 aliphatic heterocycles. The van der Waals surface area contributed by atoms with Gasteiger partial charge in [-0.15, -0.1) is 0 Å². The highest BCUT2D eigenvalue weighted by Gasteiger charge is 2.15. The SMILES string of the molecule is Cc1[nH]c(=O)sc1C(=O)Nc1cc(Cl)ccc1O. The smallest absolute Gasteiger partial charge is 0.305 e. The Hall–Kier alpha value is -1.79. The Morgan fingerprint density at radius 3 is 2.83 bits per heavy atom. The van der Waals surface area contributed by atoms with Crippen molar-refractivity contribution >= 4 is 34.5 Å². The minimum atomic E-state index is -0.464. The lowest BCUT2D eigenvalue weighted by atomic mass is 10.3. The van der Waals surface area contributed by atoms with Crippen LogP contribution in [-0.4, -0.2) is 16.0 Å². The summed E-state index contributed by atoms with van der Waals surface area (Å²) in [6, 6.07) is 4.32. The van der Waals surface area contributed by atoms with E-state index in [1.807, 2.05) is 0 Å². The van der Waals surface area contributed by atoms with Crippen LogP contribution in [0.1, 0.15) is 15.4 Å². The maximum atomic E-state index is 11.9. The van der Waals surface area contributed by atoms with Crippen LogP contribution in [0.2, 0.25) is 5.02 Å². The van der Waals surface area contributed by atoms with Crippen LogP contribution in [0, 0.1) is 6.92 Å². The molecule has 0 atom stereocenters. The van der Waals surface area contributed by atoms with E-state index in [1.165, 1.54) is 18.2 Å². The Kier molecular flexibility index (Phi) is 3.40. The first-order valence-electron chi connectivity index (χ1n) is 4.97. The molecule has 0 radical (unpaired) electrons. The standard InChI is InChI=1S/C11H9ClN2O3S/c1-5-9(18-11(17)13-5)10(16)14-7-4-6(12)2-3-8(7)15/h2-4,15H,1H3,(H,13,17)(H,14,16). The van der Waals surface area contributed by atoms with E-state index in [-0.39, 0.29) is 21.2 Å². The molecule has 2 aromatic rings. The molecule has 0 aliphatic rings. The van der Waals surface area contributed by atoms with Gasteiger partial charge >= 0.3 is 4.87 Å². The van der Waals surface area contributed by atoms with Crippen LogP contribution in [0.15, 0.2) is 23.0 Å². The number of thiazole rings is 1. The molecule has 94 valence electrons. The molecule has 1 aromatic heterocycles. The number of phenols is 1. The molecular weight excluding hydrogens is 276 g/mol. The van der Waals surface area contributed by atoms with Crippen LogP contribution in [0.3, 0.4) is 0 Å². The molecule has 1 amide bonds. The lowest BCUT2D eigenvalue weighted by Gasteiger charge is -2.06. The molecule has 7 heteroatoms. The van der Waals surface area contributed by atoms with Crippen molar-refractivity contribution in [2.45, 2.75) is 6.92 Å². The highest BCUT2D eigenvalue weighted by atomic mass is 35.5. The maximum absolute atomic E-state index is 11.9. The minimum Gasteiger partial charge on any atom is -0.506 e. The number of anilines is 1. The summed E-state index contributed by atoms with van der Waals surface area (Å²) in [4.78, 5) is 25.5. The lowest BCUT2D eigenvalue weighted by Crippen LogP contribution is -2.11. The molecule has 2 rings (SSSR count). The zero-order valence-electron chi connectivity index (χ0n) is 9.28. The second kappa shape index (κ2) is 4.83. The molecule has 0 unspecified atom stereocenters. The third kappa shape index (κ3) is 2.55. The van der Waals surface area contributed by atoms with E-state index in [2.05, 4.69) is 10.3 Å². The van der Waals surface area contributed by atoms with E-state index < -0.39 is 5.91 Å². The molecule has 1 heterocycles. The Bertz CT molecular complexity index is 663. The van der Waals surface area contributed by atoms with Gasteiger partial charge in [-0.3, -0.25) is 9.59 Å². The summed E-state index contributed by atoms with van der Waals surface area (Å²) in [5.74, 6) is -0.554. The predicted molar refractivity (Wildman–Crippen MR) is 70.7 cm³/mol. The van der Waals surface area contributed by atoms with Gasteiger partial charge < -0.3 is 15.4 Å². The van der Waals surface area contributed by atoms with Crippen LogP contribution in [0.4, 0.5) is 5.69 Å². The summed E-state index contributed by atoms with van der Waals surface area (Å²) in [5.41, 5.74) is 0.691. The summed E-state index contributed by atoms with van der Waals surface area (Å²) in [6.07, 6.45) is 0. The van der Waals surface area contributed by atoms with Gasteiger partial charge in [0.15, 0.2) is 0 Å². The minimum absolute atomic E-state index is 0.0896. The zero-order valence-corrected chi connectivity index (χ0v) is 10.9. The van der Waals surface area contributed by atoms with Gasteiger partial charge in [-0.2, -0.15) is 0 Å². The Balaban J connectivity index is 2.29. The number of halogens is 1. The van der Waals surface area contributed by atoms with Crippen molar-refractivity contribution in [3.05, 3.63) is 43.5 Å². The number of aromatic nitrogens is 1. The Morgan fingerprint density at radius 1 is 1.50 bits per heavy atom. The molecule has 0 saturated carbocycles. The van der Waals surface area contributed by atoms with Crippen LogP contribution in [-0.2, 0) is 0 Å². The third-order valence-electron chi connectivity index (χ3n) is 2.24. The summed E-state index contributed by atoms with van der Waals surface area (Å²) in [6.45, 7) is 1.63. The first-order valence-corrected chi connectivity index (χ1v) is 6.16. The van der Waals surface area contributed by atoms with E-state index in [4.69, 9.17) is 11.6 Å². The number of H-pyrrole nitrogens is 1. The summed E-state index contributed by atoms with van der Waals surface area (Å²) in [5, 5.41) is 12.5. The van der Waals surface area contributed by atoms with Crippen molar-refractivity contribution in [1.82, 2.24) is 4.98 Å². The van der Waals surface area contributed by atoms with Crippen molar-refractivity contribution in [2.24, 2.45) is 0 Å². The molecule has 0 bridgehead atoms. The number of carbonyl (C=O) groups excluding carboxylic acids is 1. The van der Waals surface area contributed by atoms with Gasteiger partial charge in [-0.05, 0) is 25.1 Å². The number of aryl methyl sites for hydroxylation is 1. The van der Waals surface area contributed by atoms with Gasteiger partial charge in [0, 0.05) is 10.7 Å². The quantitative estimate of drug-likeness (QED) is 0.740. The number of aromatic hydroxyl groups is 1. The van der Waals surface area contributed by atoms with Crippen molar-refractivity contribution in [2.75, 3.05) is 5.32 Å². The van der Waals surface area contributed by atoms with Crippen LogP contribution in [0.5, 0.6) is 5.75 Å². The topological polar surface area (TPSA) is 82.2 Å². The van der Waals surface area contributed by atoms with Gasteiger partial charge in [-0.1, -0.05) is 22.9 Å². The first kappa shape index (κ1) is 12.7. The lowest BCUT2D eigenvalue weighted by molar-refractivity contribution is 0.102. The van der Waals surface area contributed by atoms with E-state index in [1.54, 1.807) is 6.92 Å². The monoisotopic (exact) mass is 284 g/mol. The van der Waals surface area contributed by atoms with Crippen molar-refractivity contribution in [1.29, 1.82) is 0 Å². The van der Waals surface area contributed by atoms with Gasteiger partial charge in [-0.25, -0.2) is 0 Å². The summed E-state index contributed by atoms with van der Waals surface area (Å²) in [7, 11) is 0. The van der Waals surface area contributed by atoms with E-state index >= 15 is 0 Å². The maximum Gasteiger partial charge on any atom is 0.305 e. The number of nitrogens with one attached hydrogen (secondary N) is 2. The van der Waals surface area contributed by atoms with Crippen molar-refractivity contribution in [3.63, 3.8) is 0 Å².